The van der Waals surface area contributed by atoms with Gasteiger partial charge in [-0.15, -0.1) is 0 Å². The lowest BCUT2D eigenvalue weighted by atomic mass is 10.0. The van der Waals surface area contributed by atoms with E-state index in [9.17, 15) is 9.59 Å². The number of ether oxygens (including phenoxy) is 2. The Labute approximate surface area is 168 Å². The Balaban J connectivity index is 2.45. The van der Waals surface area contributed by atoms with Gasteiger partial charge in [0.25, 0.3) is 0 Å². The minimum atomic E-state index is -0.295. The van der Waals surface area contributed by atoms with Gasteiger partial charge >= 0.3 is 11.9 Å². The third-order valence-electron chi connectivity index (χ3n) is 4.29. The normalized spacial score (nSPS) is 12.8. The Bertz CT molecular complexity index is 693. The van der Waals surface area contributed by atoms with Crippen molar-refractivity contribution in [3.05, 3.63) is 59.1 Å². The molecular weight excluding hydrogens is 356 g/mol. The summed E-state index contributed by atoms with van der Waals surface area (Å²) in [5.41, 5.74) is 4.16. The Morgan fingerprint density at radius 1 is 1.00 bits per heavy atom. The summed E-state index contributed by atoms with van der Waals surface area (Å²) in [4.78, 5) is 22.8. The first-order valence-electron chi connectivity index (χ1n) is 9.65. The highest BCUT2D eigenvalue weighted by Crippen LogP contribution is 2.14. The molecule has 0 N–H and O–H groups in total. The molecule has 5 nitrogen and oxygen atoms in total. The van der Waals surface area contributed by atoms with Gasteiger partial charge in [0.2, 0.25) is 0 Å². The highest BCUT2D eigenvalue weighted by molar-refractivity contribution is 5.88. The average molecular weight is 389 g/mol. The van der Waals surface area contributed by atoms with Crippen LogP contribution in [0.25, 0.3) is 0 Å². The fraction of sp³-hybridized carbons (Fsp3) is 0.478. The molecule has 0 aliphatic carbocycles. The molecule has 0 aliphatic rings. The van der Waals surface area contributed by atoms with Crippen LogP contribution in [0.1, 0.15) is 58.4 Å². The smallest absolute Gasteiger partial charge is 0.333 e. The lowest BCUT2D eigenvalue weighted by Crippen LogP contribution is -2.05. The number of methoxy groups -OCH3 is 1. The van der Waals surface area contributed by atoms with E-state index < -0.39 is 0 Å². The van der Waals surface area contributed by atoms with Crippen molar-refractivity contribution in [3.8, 4) is 0 Å². The van der Waals surface area contributed by atoms with Gasteiger partial charge in [-0.25, -0.2) is 4.79 Å². The van der Waals surface area contributed by atoms with E-state index in [1.165, 1.54) is 25.2 Å². The average Bonchev–Trinajstić information content (AvgIpc) is 3.18. The zero-order chi connectivity index (χ0) is 20.8. The largest absolute Gasteiger partial charge is 0.472 e. The van der Waals surface area contributed by atoms with Crippen LogP contribution < -0.4 is 0 Å². The Hall–Kier alpha value is -2.56. The molecule has 1 aromatic heterocycles. The van der Waals surface area contributed by atoms with Crippen LogP contribution in [0, 0.1) is 0 Å². The lowest BCUT2D eigenvalue weighted by molar-refractivity contribution is -0.140. The van der Waals surface area contributed by atoms with Gasteiger partial charge in [-0.05, 0) is 69.6 Å². The van der Waals surface area contributed by atoms with E-state index in [2.05, 4.69) is 13.0 Å². The van der Waals surface area contributed by atoms with Crippen molar-refractivity contribution in [2.24, 2.45) is 0 Å². The number of allylic oxidation sites excluding steroid dienone is 4. The molecular formula is C23H32O5. The van der Waals surface area contributed by atoms with Crippen molar-refractivity contribution in [3.63, 3.8) is 0 Å². The predicted molar refractivity (Wildman–Crippen MR) is 110 cm³/mol. The number of aryl methyl sites for hydroxylation is 1. The second-order valence-electron chi connectivity index (χ2n) is 6.85. The van der Waals surface area contributed by atoms with Crippen LogP contribution in [-0.4, -0.2) is 25.7 Å². The van der Waals surface area contributed by atoms with Gasteiger partial charge in [0.05, 0.1) is 19.6 Å². The molecule has 28 heavy (non-hydrogen) atoms. The van der Waals surface area contributed by atoms with E-state index >= 15 is 0 Å². The molecule has 1 rings (SSSR count). The van der Waals surface area contributed by atoms with Gasteiger partial charge in [0.15, 0.2) is 0 Å². The summed E-state index contributed by atoms with van der Waals surface area (Å²) < 4.78 is 14.9. The zero-order valence-electron chi connectivity index (χ0n) is 17.5. The van der Waals surface area contributed by atoms with E-state index in [0.29, 0.717) is 18.4 Å². The van der Waals surface area contributed by atoms with Crippen molar-refractivity contribution < 1.29 is 23.5 Å². The maximum Gasteiger partial charge on any atom is 0.333 e. The van der Waals surface area contributed by atoms with Crippen LogP contribution in [0.4, 0.5) is 0 Å². The van der Waals surface area contributed by atoms with Gasteiger partial charge in [-0.3, -0.25) is 4.79 Å². The fourth-order valence-corrected chi connectivity index (χ4v) is 2.66. The molecule has 0 spiro atoms. The molecule has 1 aromatic rings. The quantitative estimate of drug-likeness (QED) is 0.275. The van der Waals surface area contributed by atoms with Crippen LogP contribution in [0.5, 0.6) is 0 Å². The molecule has 0 aromatic carbocycles. The molecule has 0 bridgehead atoms. The number of esters is 2. The summed E-state index contributed by atoms with van der Waals surface area (Å²) >= 11 is 0. The molecule has 1 heterocycles. The SMILES string of the molecule is COC(=O)C(=CCCC(C)=CCCc1ccoc1)CCC=C(C)COC(C)=O. The Morgan fingerprint density at radius 3 is 2.36 bits per heavy atom. The summed E-state index contributed by atoms with van der Waals surface area (Å²) in [6, 6.07) is 1.98. The van der Waals surface area contributed by atoms with Crippen LogP contribution in [0.15, 0.2) is 58.0 Å². The Kier molecular flexibility index (Phi) is 11.4. The highest BCUT2D eigenvalue weighted by Gasteiger charge is 2.08. The van der Waals surface area contributed by atoms with E-state index in [4.69, 9.17) is 13.9 Å². The second-order valence-corrected chi connectivity index (χ2v) is 6.85. The number of hydrogen-bond donors (Lipinski definition) is 0. The van der Waals surface area contributed by atoms with Crippen LogP contribution >= 0.6 is 0 Å². The maximum atomic E-state index is 12.0. The van der Waals surface area contributed by atoms with E-state index in [1.54, 1.807) is 12.5 Å². The minimum absolute atomic E-state index is 0.285. The van der Waals surface area contributed by atoms with Gasteiger partial charge in [-0.2, -0.15) is 0 Å². The van der Waals surface area contributed by atoms with Crippen molar-refractivity contribution >= 4 is 11.9 Å². The molecule has 0 aliphatic heterocycles. The molecule has 0 amide bonds. The summed E-state index contributed by atoms with van der Waals surface area (Å²) in [5, 5.41) is 0. The third-order valence-corrected chi connectivity index (χ3v) is 4.29. The van der Waals surface area contributed by atoms with Crippen molar-refractivity contribution in [2.75, 3.05) is 13.7 Å². The van der Waals surface area contributed by atoms with Crippen LogP contribution in [-0.2, 0) is 25.5 Å². The fourth-order valence-electron chi connectivity index (χ4n) is 2.66. The first kappa shape index (κ1) is 23.5. The van der Waals surface area contributed by atoms with Crippen LogP contribution in [0.3, 0.4) is 0 Å². The number of carbonyl (C=O) groups is 2. The van der Waals surface area contributed by atoms with Crippen molar-refractivity contribution in [1.29, 1.82) is 0 Å². The standard InChI is InChI=1S/C23H32O5/c1-18(8-5-11-21-14-15-27-17-21)9-6-12-22(23(25)26-4)13-7-10-19(2)16-28-20(3)24/h8,10,12,14-15,17H,5-7,9,11,13,16H2,1-4H3. The van der Waals surface area contributed by atoms with E-state index in [-0.39, 0.29) is 18.5 Å². The molecule has 0 saturated heterocycles. The van der Waals surface area contributed by atoms with Gasteiger partial charge in [0, 0.05) is 12.5 Å². The highest BCUT2D eigenvalue weighted by atomic mass is 16.5. The van der Waals surface area contributed by atoms with Gasteiger partial charge in [-0.1, -0.05) is 23.8 Å². The van der Waals surface area contributed by atoms with Gasteiger partial charge < -0.3 is 13.9 Å². The topological polar surface area (TPSA) is 65.7 Å². The molecule has 0 saturated carbocycles. The van der Waals surface area contributed by atoms with Crippen LogP contribution in [0.2, 0.25) is 0 Å². The maximum absolute atomic E-state index is 12.0. The summed E-state index contributed by atoms with van der Waals surface area (Å²) in [5.74, 6) is -0.580. The van der Waals surface area contributed by atoms with Crippen molar-refractivity contribution in [2.45, 2.75) is 59.3 Å². The molecule has 154 valence electrons. The molecule has 5 heteroatoms. The molecule has 0 radical (unpaired) electrons. The minimum Gasteiger partial charge on any atom is -0.472 e. The summed E-state index contributed by atoms with van der Waals surface area (Å²) in [6.07, 6.45) is 14.6. The first-order chi connectivity index (χ1) is 13.4. The summed E-state index contributed by atoms with van der Waals surface area (Å²) in [6.45, 7) is 5.69. The first-order valence-corrected chi connectivity index (χ1v) is 9.65. The number of rotatable bonds is 12. The zero-order valence-corrected chi connectivity index (χ0v) is 17.5. The number of furan rings is 1. The van der Waals surface area contributed by atoms with Gasteiger partial charge in [0.1, 0.15) is 6.61 Å². The number of hydrogen-bond acceptors (Lipinski definition) is 5. The lowest BCUT2D eigenvalue weighted by Gasteiger charge is -2.06. The van der Waals surface area contributed by atoms with E-state index in [0.717, 1.165) is 31.3 Å². The molecule has 0 fully saturated rings. The second kappa shape index (κ2) is 13.6. The monoisotopic (exact) mass is 388 g/mol. The number of carbonyl (C=O) groups excluding carboxylic acids is 2. The summed E-state index contributed by atoms with van der Waals surface area (Å²) in [7, 11) is 1.40. The molecule has 0 unspecified atom stereocenters. The van der Waals surface area contributed by atoms with Crippen molar-refractivity contribution in [1.82, 2.24) is 0 Å². The third kappa shape index (κ3) is 10.6. The Morgan fingerprint density at radius 2 is 1.71 bits per heavy atom. The van der Waals surface area contributed by atoms with E-state index in [1.807, 2.05) is 25.1 Å². The molecule has 0 atom stereocenters. The predicted octanol–water partition coefficient (Wildman–Crippen LogP) is 5.33.